The molecule has 0 radical (unpaired) electrons. The van der Waals surface area contributed by atoms with Gasteiger partial charge in [-0.1, -0.05) is 36.4 Å². The molecule has 0 saturated carbocycles. The number of nitrogen functional groups attached to an aromatic ring is 2. The standard InChI is InChI=1S/C23H22N4O3/c1-30-20-4-2-3-15(13-20)14-21(16-5-9-18(10-6-16)22(28)26-24)17-7-11-19(12-8-17)23(29)27-25/h2-14H,24-25H2,1H3,(H,26,28)(H,27,29). The number of nitrogens with one attached hydrogen (secondary N) is 2. The van der Waals surface area contributed by atoms with Crippen molar-refractivity contribution >= 4 is 23.5 Å². The minimum atomic E-state index is -0.364. The molecule has 0 aliphatic carbocycles. The summed E-state index contributed by atoms with van der Waals surface area (Å²) in [6.45, 7) is 0. The molecule has 0 bridgehead atoms. The van der Waals surface area contributed by atoms with E-state index in [0.717, 1.165) is 28.0 Å². The second kappa shape index (κ2) is 9.51. The van der Waals surface area contributed by atoms with E-state index in [1.807, 2.05) is 54.6 Å². The van der Waals surface area contributed by atoms with Crippen LogP contribution in [0.5, 0.6) is 5.75 Å². The van der Waals surface area contributed by atoms with E-state index < -0.39 is 0 Å². The first-order valence-electron chi connectivity index (χ1n) is 9.14. The summed E-state index contributed by atoms with van der Waals surface area (Å²) in [6, 6.07) is 21.9. The molecule has 0 unspecified atom stereocenters. The van der Waals surface area contributed by atoms with Gasteiger partial charge >= 0.3 is 0 Å². The second-order valence-corrected chi connectivity index (χ2v) is 6.44. The van der Waals surface area contributed by atoms with Gasteiger partial charge in [0, 0.05) is 11.1 Å². The molecule has 0 saturated heterocycles. The summed E-state index contributed by atoms with van der Waals surface area (Å²) in [6.07, 6.45) is 2.01. The van der Waals surface area contributed by atoms with Crippen LogP contribution >= 0.6 is 0 Å². The molecule has 0 heterocycles. The Bertz CT molecular complexity index is 1010. The summed E-state index contributed by atoms with van der Waals surface area (Å²) in [5.74, 6) is 10.4. The van der Waals surface area contributed by atoms with Crippen molar-refractivity contribution in [1.82, 2.24) is 10.9 Å². The molecule has 0 spiro atoms. The number of ether oxygens (including phenoxy) is 1. The molecule has 0 aromatic heterocycles. The summed E-state index contributed by atoms with van der Waals surface area (Å²) >= 11 is 0. The minimum absolute atomic E-state index is 0.364. The number of nitrogens with two attached hydrogens (primary N) is 2. The van der Waals surface area contributed by atoms with Gasteiger partial charge in [-0.3, -0.25) is 20.4 Å². The zero-order valence-electron chi connectivity index (χ0n) is 16.4. The molecule has 30 heavy (non-hydrogen) atoms. The molecule has 7 nitrogen and oxygen atoms in total. The van der Waals surface area contributed by atoms with Crippen LogP contribution in [0.3, 0.4) is 0 Å². The van der Waals surface area contributed by atoms with Crippen molar-refractivity contribution in [2.24, 2.45) is 11.7 Å². The van der Waals surface area contributed by atoms with Crippen LogP contribution in [-0.4, -0.2) is 18.9 Å². The predicted molar refractivity (Wildman–Crippen MR) is 116 cm³/mol. The van der Waals surface area contributed by atoms with Gasteiger partial charge in [-0.2, -0.15) is 0 Å². The fraction of sp³-hybridized carbons (Fsp3) is 0.0435. The van der Waals surface area contributed by atoms with Crippen molar-refractivity contribution in [3.63, 3.8) is 0 Å². The number of carbonyl (C=O) groups is 2. The van der Waals surface area contributed by atoms with Crippen LogP contribution in [0.25, 0.3) is 11.6 Å². The summed E-state index contributed by atoms with van der Waals surface area (Å²) in [5, 5.41) is 0. The van der Waals surface area contributed by atoms with E-state index in [0.29, 0.717) is 11.1 Å². The van der Waals surface area contributed by atoms with Crippen molar-refractivity contribution in [3.05, 3.63) is 101 Å². The first-order chi connectivity index (χ1) is 14.5. The number of carbonyl (C=O) groups excluding carboxylic acids is 2. The maximum Gasteiger partial charge on any atom is 0.265 e. The van der Waals surface area contributed by atoms with Crippen LogP contribution in [0.4, 0.5) is 0 Å². The monoisotopic (exact) mass is 402 g/mol. The molecule has 3 rings (SSSR count). The Morgan fingerprint density at radius 2 is 1.23 bits per heavy atom. The first-order valence-corrected chi connectivity index (χ1v) is 9.14. The van der Waals surface area contributed by atoms with Crippen molar-refractivity contribution in [2.75, 3.05) is 7.11 Å². The minimum Gasteiger partial charge on any atom is -0.497 e. The summed E-state index contributed by atoms with van der Waals surface area (Å²) < 4.78 is 5.31. The smallest absolute Gasteiger partial charge is 0.265 e. The van der Waals surface area contributed by atoms with Gasteiger partial charge in [0.25, 0.3) is 11.8 Å². The van der Waals surface area contributed by atoms with Crippen molar-refractivity contribution in [1.29, 1.82) is 0 Å². The molecule has 0 fully saturated rings. The lowest BCUT2D eigenvalue weighted by atomic mass is 9.94. The van der Waals surface area contributed by atoms with Gasteiger partial charge in [0.2, 0.25) is 0 Å². The van der Waals surface area contributed by atoms with E-state index in [1.54, 1.807) is 31.4 Å². The molecule has 0 aliphatic heterocycles. The Kier molecular flexibility index (Phi) is 6.59. The topological polar surface area (TPSA) is 119 Å². The first kappa shape index (κ1) is 20.8. The van der Waals surface area contributed by atoms with Crippen LogP contribution < -0.4 is 27.3 Å². The summed E-state index contributed by atoms with van der Waals surface area (Å²) in [7, 11) is 1.62. The molecule has 152 valence electrons. The maximum atomic E-state index is 11.7. The van der Waals surface area contributed by atoms with E-state index in [9.17, 15) is 9.59 Å². The molecule has 3 aromatic carbocycles. The third-order valence-corrected chi connectivity index (χ3v) is 4.58. The van der Waals surface area contributed by atoms with E-state index in [4.69, 9.17) is 16.4 Å². The molecular weight excluding hydrogens is 380 g/mol. The highest BCUT2D eigenvalue weighted by Gasteiger charge is 2.10. The van der Waals surface area contributed by atoms with Gasteiger partial charge in [0.1, 0.15) is 5.75 Å². The van der Waals surface area contributed by atoms with Crippen molar-refractivity contribution in [3.8, 4) is 5.75 Å². The van der Waals surface area contributed by atoms with E-state index in [-0.39, 0.29) is 11.8 Å². The summed E-state index contributed by atoms with van der Waals surface area (Å²) in [4.78, 5) is 23.5. The van der Waals surface area contributed by atoms with Crippen LogP contribution in [0.15, 0.2) is 72.8 Å². The zero-order valence-corrected chi connectivity index (χ0v) is 16.4. The van der Waals surface area contributed by atoms with Crippen molar-refractivity contribution in [2.45, 2.75) is 0 Å². The zero-order chi connectivity index (χ0) is 21.5. The number of rotatable bonds is 6. The van der Waals surface area contributed by atoms with E-state index in [2.05, 4.69) is 10.9 Å². The summed E-state index contributed by atoms with van der Waals surface area (Å²) in [5.41, 5.74) is 8.78. The fourth-order valence-corrected chi connectivity index (χ4v) is 3.00. The van der Waals surface area contributed by atoms with Gasteiger partial charge in [0.15, 0.2) is 0 Å². The van der Waals surface area contributed by atoms with Crippen LogP contribution in [0.2, 0.25) is 0 Å². The number of hydrazine groups is 2. The number of benzene rings is 3. The Morgan fingerprint density at radius 3 is 1.67 bits per heavy atom. The fourth-order valence-electron chi connectivity index (χ4n) is 3.00. The van der Waals surface area contributed by atoms with E-state index >= 15 is 0 Å². The molecule has 0 aliphatic rings. The van der Waals surface area contributed by atoms with Gasteiger partial charge in [0.05, 0.1) is 7.11 Å². The Labute approximate surface area is 174 Å². The molecular formula is C23H22N4O3. The molecule has 0 atom stereocenters. The van der Waals surface area contributed by atoms with Gasteiger partial charge < -0.3 is 4.74 Å². The van der Waals surface area contributed by atoms with E-state index in [1.165, 1.54) is 0 Å². The number of hydrogen-bond donors (Lipinski definition) is 4. The number of methoxy groups -OCH3 is 1. The SMILES string of the molecule is COc1cccc(C=C(c2ccc(C(=O)NN)cc2)c2ccc(C(=O)NN)cc2)c1. The largest absolute Gasteiger partial charge is 0.497 e. The highest BCUT2D eigenvalue weighted by Crippen LogP contribution is 2.28. The van der Waals surface area contributed by atoms with Crippen LogP contribution in [0, 0.1) is 0 Å². The highest BCUT2D eigenvalue weighted by molar-refractivity contribution is 5.97. The van der Waals surface area contributed by atoms with Crippen LogP contribution in [-0.2, 0) is 0 Å². The molecule has 2 amide bonds. The Hall–Kier alpha value is -3.94. The van der Waals surface area contributed by atoms with Gasteiger partial charge in [-0.25, -0.2) is 11.7 Å². The molecule has 3 aromatic rings. The maximum absolute atomic E-state index is 11.7. The third kappa shape index (κ3) is 4.72. The lowest BCUT2D eigenvalue weighted by molar-refractivity contribution is 0.0945. The van der Waals surface area contributed by atoms with Crippen molar-refractivity contribution < 1.29 is 14.3 Å². The van der Waals surface area contributed by atoms with Crippen LogP contribution in [0.1, 0.15) is 37.4 Å². The molecule has 7 heteroatoms. The number of hydrogen-bond acceptors (Lipinski definition) is 5. The Balaban J connectivity index is 2.07. The average Bonchev–Trinajstić information content (AvgIpc) is 2.82. The number of amides is 2. The third-order valence-electron chi connectivity index (χ3n) is 4.58. The normalized spacial score (nSPS) is 10.1. The lowest BCUT2D eigenvalue weighted by Crippen LogP contribution is -2.29. The lowest BCUT2D eigenvalue weighted by Gasteiger charge is -2.11. The Morgan fingerprint density at radius 1 is 0.767 bits per heavy atom. The second-order valence-electron chi connectivity index (χ2n) is 6.44. The predicted octanol–water partition coefficient (Wildman–Crippen LogP) is 2.49. The quantitative estimate of drug-likeness (QED) is 0.219. The van der Waals surface area contributed by atoms with Gasteiger partial charge in [-0.05, 0) is 64.7 Å². The van der Waals surface area contributed by atoms with Gasteiger partial charge in [-0.15, -0.1) is 0 Å². The highest BCUT2D eigenvalue weighted by atomic mass is 16.5. The molecule has 6 N–H and O–H groups in total. The average molecular weight is 402 g/mol.